The summed E-state index contributed by atoms with van der Waals surface area (Å²) in [4.78, 5) is 13.7. The van der Waals surface area contributed by atoms with Gasteiger partial charge in [-0.05, 0) is 18.1 Å². The molecule has 1 amide bonds. The number of cyclic esters (lactones) is 1. The summed E-state index contributed by atoms with van der Waals surface area (Å²) in [6, 6.07) is 10.1. The molecule has 2 atom stereocenters. The number of rotatable bonds is 5. The van der Waals surface area contributed by atoms with Crippen molar-refractivity contribution in [2.75, 3.05) is 0 Å². The van der Waals surface area contributed by atoms with Gasteiger partial charge in [0, 0.05) is 6.54 Å². The quantitative estimate of drug-likeness (QED) is 0.744. The van der Waals surface area contributed by atoms with Crippen LogP contribution < -0.4 is 0 Å². The first-order valence-corrected chi connectivity index (χ1v) is 6.40. The Morgan fingerprint density at radius 3 is 2.72 bits per heavy atom. The first-order valence-electron chi connectivity index (χ1n) is 6.40. The summed E-state index contributed by atoms with van der Waals surface area (Å²) in [5.74, 6) is 0. The van der Waals surface area contributed by atoms with Gasteiger partial charge in [-0.1, -0.05) is 50.3 Å². The SMILES string of the molecule is C=CC1OC(=O)N(Cc2ccccc2)[C@H]1CCC. The van der Waals surface area contributed by atoms with Crippen LogP contribution in [0.4, 0.5) is 4.79 Å². The maximum atomic E-state index is 11.9. The van der Waals surface area contributed by atoms with Crippen LogP contribution in [0.25, 0.3) is 0 Å². The lowest BCUT2D eigenvalue weighted by molar-refractivity contribution is 0.144. The molecule has 1 aliphatic rings. The van der Waals surface area contributed by atoms with Gasteiger partial charge in [-0.3, -0.25) is 4.90 Å². The van der Waals surface area contributed by atoms with Crippen LogP contribution >= 0.6 is 0 Å². The number of ether oxygens (including phenoxy) is 1. The second kappa shape index (κ2) is 5.71. The van der Waals surface area contributed by atoms with Gasteiger partial charge in [0.2, 0.25) is 0 Å². The fourth-order valence-electron chi connectivity index (χ4n) is 2.36. The van der Waals surface area contributed by atoms with Gasteiger partial charge in [0.05, 0.1) is 6.04 Å². The minimum atomic E-state index is -0.234. The van der Waals surface area contributed by atoms with Crippen molar-refractivity contribution in [3.63, 3.8) is 0 Å². The van der Waals surface area contributed by atoms with Crippen molar-refractivity contribution in [2.45, 2.75) is 38.5 Å². The van der Waals surface area contributed by atoms with E-state index < -0.39 is 0 Å². The molecule has 3 heteroatoms. The number of carbonyl (C=O) groups is 1. The highest BCUT2D eigenvalue weighted by Crippen LogP contribution is 2.26. The van der Waals surface area contributed by atoms with E-state index >= 15 is 0 Å². The van der Waals surface area contributed by atoms with E-state index in [0.29, 0.717) is 6.54 Å². The van der Waals surface area contributed by atoms with E-state index in [2.05, 4.69) is 13.5 Å². The topological polar surface area (TPSA) is 29.5 Å². The molecule has 0 N–H and O–H groups in total. The monoisotopic (exact) mass is 245 g/mol. The molecule has 1 aliphatic heterocycles. The Bertz CT molecular complexity index is 416. The van der Waals surface area contributed by atoms with Crippen LogP contribution in [0, 0.1) is 0 Å². The summed E-state index contributed by atoms with van der Waals surface area (Å²) < 4.78 is 5.33. The molecule has 96 valence electrons. The Balaban J connectivity index is 2.14. The lowest BCUT2D eigenvalue weighted by atomic mass is 10.0. The first kappa shape index (κ1) is 12.7. The van der Waals surface area contributed by atoms with Crippen LogP contribution in [0.5, 0.6) is 0 Å². The Hall–Kier alpha value is -1.77. The van der Waals surface area contributed by atoms with Gasteiger partial charge < -0.3 is 4.74 Å². The smallest absolute Gasteiger partial charge is 0.411 e. The van der Waals surface area contributed by atoms with E-state index in [1.807, 2.05) is 35.2 Å². The Morgan fingerprint density at radius 2 is 2.11 bits per heavy atom. The van der Waals surface area contributed by atoms with Crippen LogP contribution in [0.2, 0.25) is 0 Å². The van der Waals surface area contributed by atoms with Gasteiger partial charge in [0.15, 0.2) is 0 Å². The van der Waals surface area contributed by atoms with Gasteiger partial charge in [-0.15, -0.1) is 0 Å². The highest BCUT2D eigenvalue weighted by molar-refractivity contribution is 5.71. The lowest BCUT2D eigenvalue weighted by Gasteiger charge is -2.23. The fourth-order valence-corrected chi connectivity index (χ4v) is 2.36. The predicted molar refractivity (Wildman–Crippen MR) is 71.1 cm³/mol. The normalized spacial score (nSPS) is 22.9. The van der Waals surface area contributed by atoms with E-state index in [-0.39, 0.29) is 18.2 Å². The minimum Gasteiger partial charge on any atom is -0.440 e. The van der Waals surface area contributed by atoms with Crippen LogP contribution in [-0.2, 0) is 11.3 Å². The fraction of sp³-hybridized carbons (Fsp3) is 0.400. The molecule has 0 aliphatic carbocycles. The second-order valence-corrected chi connectivity index (χ2v) is 4.55. The van der Waals surface area contributed by atoms with Gasteiger partial charge in [-0.2, -0.15) is 0 Å². The zero-order valence-corrected chi connectivity index (χ0v) is 10.7. The molecule has 18 heavy (non-hydrogen) atoms. The second-order valence-electron chi connectivity index (χ2n) is 4.55. The van der Waals surface area contributed by atoms with E-state index in [1.165, 1.54) is 0 Å². The third kappa shape index (κ3) is 2.55. The summed E-state index contributed by atoms with van der Waals surface area (Å²) in [6.45, 7) is 6.47. The number of hydrogen-bond acceptors (Lipinski definition) is 2. The molecular weight excluding hydrogens is 226 g/mol. The molecule has 1 unspecified atom stereocenters. The van der Waals surface area contributed by atoms with Crippen LogP contribution in [0.1, 0.15) is 25.3 Å². The average molecular weight is 245 g/mol. The third-order valence-corrected chi connectivity index (χ3v) is 3.26. The molecule has 0 saturated carbocycles. The maximum Gasteiger partial charge on any atom is 0.411 e. The van der Waals surface area contributed by atoms with Gasteiger partial charge in [0.25, 0.3) is 0 Å². The largest absolute Gasteiger partial charge is 0.440 e. The van der Waals surface area contributed by atoms with Crippen LogP contribution in [0.3, 0.4) is 0 Å². The van der Waals surface area contributed by atoms with Crippen LogP contribution in [-0.4, -0.2) is 23.1 Å². The first-order chi connectivity index (χ1) is 8.76. The van der Waals surface area contributed by atoms with Crippen molar-refractivity contribution in [3.8, 4) is 0 Å². The summed E-state index contributed by atoms with van der Waals surface area (Å²) in [5, 5.41) is 0. The van der Waals surface area contributed by atoms with Gasteiger partial charge in [0.1, 0.15) is 6.10 Å². The lowest BCUT2D eigenvalue weighted by Crippen LogP contribution is -2.35. The molecule has 0 radical (unpaired) electrons. The van der Waals surface area contributed by atoms with Crippen LogP contribution in [0.15, 0.2) is 43.0 Å². The molecule has 1 fully saturated rings. The molecule has 1 heterocycles. The number of amides is 1. The maximum absolute atomic E-state index is 11.9. The van der Waals surface area contributed by atoms with E-state index in [0.717, 1.165) is 18.4 Å². The number of benzene rings is 1. The van der Waals surface area contributed by atoms with Crippen molar-refractivity contribution in [3.05, 3.63) is 48.6 Å². The third-order valence-electron chi connectivity index (χ3n) is 3.26. The molecule has 1 aromatic rings. The molecule has 0 bridgehead atoms. The van der Waals surface area contributed by atoms with Crippen molar-refractivity contribution in [1.29, 1.82) is 0 Å². The molecule has 2 rings (SSSR count). The van der Waals surface area contributed by atoms with Gasteiger partial charge >= 0.3 is 6.09 Å². The average Bonchev–Trinajstić information content (AvgIpc) is 2.69. The van der Waals surface area contributed by atoms with Crippen molar-refractivity contribution < 1.29 is 9.53 Å². The highest BCUT2D eigenvalue weighted by atomic mass is 16.6. The van der Waals surface area contributed by atoms with E-state index in [4.69, 9.17) is 4.74 Å². The predicted octanol–water partition coefficient (Wildman–Crippen LogP) is 3.36. The summed E-state index contributed by atoms with van der Waals surface area (Å²) in [5.41, 5.74) is 1.13. The molecule has 1 aromatic carbocycles. The molecular formula is C15H19NO2. The summed E-state index contributed by atoms with van der Waals surface area (Å²) in [6.07, 6.45) is 3.28. The van der Waals surface area contributed by atoms with Crippen molar-refractivity contribution in [2.24, 2.45) is 0 Å². The standard InChI is InChI=1S/C15H19NO2/c1-3-8-13-14(4-2)18-15(17)16(13)11-12-9-6-5-7-10-12/h4-7,9-10,13-14H,2-3,8,11H2,1H3/t13-,14?/m0/s1. The number of carbonyl (C=O) groups excluding carboxylic acids is 1. The number of hydrogen-bond donors (Lipinski definition) is 0. The summed E-state index contributed by atoms with van der Waals surface area (Å²) >= 11 is 0. The molecule has 0 aromatic heterocycles. The Morgan fingerprint density at radius 1 is 1.39 bits per heavy atom. The zero-order valence-electron chi connectivity index (χ0n) is 10.7. The van der Waals surface area contributed by atoms with Crippen molar-refractivity contribution in [1.82, 2.24) is 4.90 Å². The number of nitrogens with zero attached hydrogens (tertiary/aromatic N) is 1. The molecule has 3 nitrogen and oxygen atoms in total. The van der Waals surface area contributed by atoms with E-state index in [9.17, 15) is 4.79 Å². The Labute approximate surface area is 108 Å². The summed E-state index contributed by atoms with van der Waals surface area (Å²) in [7, 11) is 0. The molecule has 1 saturated heterocycles. The Kier molecular flexibility index (Phi) is 4.03. The minimum absolute atomic E-state index is 0.111. The van der Waals surface area contributed by atoms with E-state index in [1.54, 1.807) is 6.08 Å². The van der Waals surface area contributed by atoms with Gasteiger partial charge in [-0.25, -0.2) is 4.79 Å². The highest BCUT2D eigenvalue weighted by Gasteiger charge is 2.39. The molecule has 0 spiro atoms. The zero-order chi connectivity index (χ0) is 13.0. The van der Waals surface area contributed by atoms with Crippen molar-refractivity contribution >= 4 is 6.09 Å².